The van der Waals surface area contributed by atoms with E-state index in [1.165, 1.54) is 23.1 Å². The zero-order chi connectivity index (χ0) is 20.4. The van der Waals surface area contributed by atoms with E-state index in [1.807, 2.05) is 44.2 Å². The molecule has 3 rings (SSSR count). The highest BCUT2D eigenvalue weighted by molar-refractivity contribution is 8.00. The van der Waals surface area contributed by atoms with E-state index in [2.05, 4.69) is 6.58 Å². The van der Waals surface area contributed by atoms with Gasteiger partial charge in [0.05, 0.1) is 5.39 Å². The Bertz CT molecular complexity index is 1080. The summed E-state index contributed by atoms with van der Waals surface area (Å²) in [5.41, 5.74) is 1.76. The first-order valence-corrected chi connectivity index (χ1v) is 10.6. The lowest BCUT2D eigenvalue weighted by atomic mass is 10.1. The topological polar surface area (TPSA) is 55.2 Å². The minimum atomic E-state index is -0.487. The highest BCUT2D eigenvalue weighted by Crippen LogP contribution is 2.37. The normalized spacial score (nSPS) is 12.1. The summed E-state index contributed by atoms with van der Waals surface area (Å²) in [6, 6.07) is 9.58. The van der Waals surface area contributed by atoms with Crippen LogP contribution in [0.3, 0.4) is 0 Å². The molecule has 0 unspecified atom stereocenters. The average Bonchev–Trinajstić information content (AvgIpc) is 2.96. The van der Waals surface area contributed by atoms with E-state index in [0.717, 1.165) is 16.0 Å². The van der Waals surface area contributed by atoms with Gasteiger partial charge in [-0.3, -0.25) is 14.2 Å². The number of allylic oxidation sites excluding steroid dienone is 1. The van der Waals surface area contributed by atoms with Crippen LogP contribution in [0.15, 0.2) is 52.9 Å². The van der Waals surface area contributed by atoms with Crippen LogP contribution in [0.2, 0.25) is 0 Å². The highest BCUT2D eigenvalue weighted by Gasteiger charge is 2.27. The first-order chi connectivity index (χ1) is 13.3. The quantitative estimate of drug-likeness (QED) is 0.346. The number of amides is 1. The van der Waals surface area contributed by atoms with E-state index < -0.39 is 5.25 Å². The molecule has 0 spiro atoms. The lowest BCUT2D eigenvalue weighted by molar-refractivity contribution is -0.128. The molecule has 0 aliphatic rings. The number of aryl methyl sites for hydroxylation is 2. The van der Waals surface area contributed by atoms with Gasteiger partial charge >= 0.3 is 0 Å². The van der Waals surface area contributed by atoms with Crippen LogP contribution >= 0.6 is 23.1 Å². The van der Waals surface area contributed by atoms with Crippen LogP contribution in [0, 0.1) is 13.8 Å². The molecular weight excluding hydrogens is 390 g/mol. The number of benzene rings is 1. The van der Waals surface area contributed by atoms with Crippen LogP contribution < -0.4 is 5.56 Å². The summed E-state index contributed by atoms with van der Waals surface area (Å²) in [4.78, 5) is 34.2. The maximum atomic E-state index is 13.2. The maximum absolute atomic E-state index is 13.2. The number of hydrogen-bond donors (Lipinski definition) is 0. The van der Waals surface area contributed by atoms with Crippen molar-refractivity contribution in [2.45, 2.75) is 30.8 Å². The number of nitrogens with zero attached hydrogens (tertiary/aromatic N) is 3. The molecular formula is C21H23N3O2S2. The third-order valence-electron chi connectivity index (χ3n) is 4.56. The molecule has 2 aromatic heterocycles. The zero-order valence-electron chi connectivity index (χ0n) is 16.4. The average molecular weight is 414 g/mol. The van der Waals surface area contributed by atoms with E-state index in [1.54, 1.807) is 29.6 Å². The Kier molecular flexibility index (Phi) is 6.05. The maximum Gasteiger partial charge on any atom is 0.263 e. The van der Waals surface area contributed by atoms with Gasteiger partial charge in [-0.1, -0.05) is 48.2 Å². The smallest absolute Gasteiger partial charge is 0.263 e. The van der Waals surface area contributed by atoms with Crippen molar-refractivity contribution in [3.63, 3.8) is 0 Å². The fourth-order valence-corrected chi connectivity index (χ4v) is 5.24. The predicted octanol–water partition coefficient (Wildman–Crippen LogP) is 4.18. The second-order valence-electron chi connectivity index (χ2n) is 6.70. The molecule has 0 radical (unpaired) electrons. The van der Waals surface area contributed by atoms with Crippen molar-refractivity contribution in [2.24, 2.45) is 0 Å². The molecule has 5 nitrogen and oxygen atoms in total. The van der Waals surface area contributed by atoms with Gasteiger partial charge in [-0.15, -0.1) is 17.9 Å². The lowest BCUT2D eigenvalue weighted by Gasteiger charge is -2.21. The lowest BCUT2D eigenvalue weighted by Crippen LogP contribution is -2.28. The van der Waals surface area contributed by atoms with Crippen LogP contribution in [0.4, 0.5) is 0 Å². The molecule has 1 atom stereocenters. The van der Waals surface area contributed by atoms with Gasteiger partial charge < -0.3 is 4.90 Å². The molecule has 1 aromatic carbocycles. The largest absolute Gasteiger partial charge is 0.348 e. The highest BCUT2D eigenvalue weighted by atomic mass is 32.2. The molecule has 146 valence electrons. The molecule has 0 fully saturated rings. The standard InChI is InChI=1S/C21H23N3O2S2/c1-6-12-24-19(25)16-13(2)14(3)27-18(16)22-21(24)28-17(20(26)23(4)5)15-10-8-7-9-11-15/h6-11,17H,1,12H2,2-5H3/t17-/m1/s1. The van der Waals surface area contributed by atoms with Gasteiger partial charge in [0, 0.05) is 25.5 Å². The minimum Gasteiger partial charge on any atom is -0.348 e. The molecule has 2 heterocycles. The molecule has 0 N–H and O–H groups in total. The molecule has 0 aliphatic heterocycles. The van der Waals surface area contributed by atoms with Crippen molar-refractivity contribution in [2.75, 3.05) is 14.1 Å². The molecule has 0 saturated carbocycles. The summed E-state index contributed by atoms with van der Waals surface area (Å²) in [7, 11) is 3.47. The van der Waals surface area contributed by atoms with Crippen molar-refractivity contribution in [1.29, 1.82) is 0 Å². The summed E-state index contributed by atoms with van der Waals surface area (Å²) < 4.78 is 1.61. The fourth-order valence-electron chi connectivity index (χ4n) is 2.92. The fraction of sp³-hybridized carbons (Fsp3) is 0.286. The number of carbonyl (C=O) groups is 1. The first-order valence-electron chi connectivity index (χ1n) is 8.89. The van der Waals surface area contributed by atoms with Crippen LogP contribution in [-0.2, 0) is 11.3 Å². The van der Waals surface area contributed by atoms with Crippen LogP contribution in [0.1, 0.15) is 21.3 Å². The summed E-state index contributed by atoms with van der Waals surface area (Å²) in [5.74, 6) is -0.0470. The summed E-state index contributed by atoms with van der Waals surface area (Å²) in [6.07, 6.45) is 1.68. The van der Waals surface area contributed by atoms with Gasteiger partial charge in [0.2, 0.25) is 5.91 Å². The summed E-state index contributed by atoms with van der Waals surface area (Å²) >= 11 is 2.82. The van der Waals surface area contributed by atoms with E-state index >= 15 is 0 Å². The van der Waals surface area contributed by atoms with Gasteiger partial charge in [0.25, 0.3) is 5.56 Å². The second kappa shape index (κ2) is 8.32. The van der Waals surface area contributed by atoms with Crippen molar-refractivity contribution in [3.05, 3.63) is 69.3 Å². The molecule has 7 heteroatoms. The van der Waals surface area contributed by atoms with Gasteiger partial charge in [-0.2, -0.15) is 0 Å². The van der Waals surface area contributed by atoms with E-state index in [0.29, 0.717) is 21.9 Å². The minimum absolute atomic E-state index is 0.0470. The number of likely N-dealkylation sites (N-methyl/N-ethyl adjacent to an activating group) is 1. The van der Waals surface area contributed by atoms with Crippen molar-refractivity contribution in [1.82, 2.24) is 14.5 Å². The molecule has 0 bridgehead atoms. The van der Waals surface area contributed by atoms with Crippen LogP contribution in [0.25, 0.3) is 10.2 Å². The Hall–Kier alpha value is -2.38. The SMILES string of the molecule is C=CCn1c(S[C@@H](C(=O)N(C)C)c2ccccc2)nc2sc(C)c(C)c2c1=O. The summed E-state index contributed by atoms with van der Waals surface area (Å²) in [6.45, 7) is 8.06. The van der Waals surface area contributed by atoms with Crippen molar-refractivity contribution < 1.29 is 4.79 Å². The molecule has 0 aliphatic carbocycles. The Morgan fingerprint density at radius 3 is 2.61 bits per heavy atom. The third-order valence-corrected chi connectivity index (χ3v) is 6.89. The molecule has 3 aromatic rings. The van der Waals surface area contributed by atoms with E-state index in [4.69, 9.17) is 4.98 Å². The molecule has 28 heavy (non-hydrogen) atoms. The molecule has 1 amide bonds. The number of hydrogen-bond acceptors (Lipinski definition) is 5. The number of fused-ring (bicyclic) bond motifs is 1. The predicted molar refractivity (Wildman–Crippen MR) is 117 cm³/mol. The first kappa shape index (κ1) is 20.4. The monoisotopic (exact) mass is 413 g/mol. The van der Waals surface area contributed by atoms with Crippen molar-refractivity contribution in [3.8, 4) is 0 Å². The van der Waals surface area contributed by atoms with Crippen LogP contribution in [0.5, 0.6) is 0 Å². The van der Waals surface area contributed by atoms with Gasteiger partial charge in [0.1, 0.15) is 10.1 Å². The second-order valence-corrected chi connectivity index (χ2v) is 8.98. The number of aromatic nitrogens is 2. The number of rotatable bonds is 6. The van der Waals surface area contributed by atoms with E-state index in [9.17, 15) is 9.59 Å². The van der Waals surface area contributed by atoms with Gasteiger partial charge in [-0.25, -0.2) is 4.98 Å². The summed E-state index contributed by atoms with van der Waals surface area (Å²) in [5, 5.41) is 0.699. The van der Waals surface area contributed by atoms with Gasteiger partial charge in [0.15, 0.2) is 5.16 Å². The number of thiophene rings is 1. The van der Waals surface area contributed by atoms with E-state index in [-0.39, 0.29) is 11.5 Å². The number of thioether (sulfide) groups is 1. The number of carbonyl (C=O) groups excluding carboxylic acids is 1. The van der Waals surface area contributed by atoms with Crippen LogP contribution in [-0.4, -0.2) is 34.5 Å². The molecule has 0 saturated heterocycles. The Morgan fingerprint density at radius 2 is 2.00 bits per heavy atom. The Balaban J connectivity index is 2.17. The van der Waals surface area contributed by atoms with Crippen molar-refractivity contribution >= 4 is 39.2 Å². The Labute approximate surface area is 172 Å². The zero-order valence-corrected chi connectivity index (χ0v) is 18.1. The van der Waals surface area contributed by atoms with Gasteiger partial charge in [-0.05, 0) is 25.0 Å². The Morgan fingerprint density at radius 1 is 1.32 bits per heavy atom. The third kappa shape index (κ3) is 3.77.